The van der Waals surface area contributed by atoms with Crippen LogP contribution in [0.4, 0.5) is 4.11 Å². The zero-order valence-corrected chi connectivity index (χ0v) is 6.11. The molecule has 0 N–H and O–H groups in total. The van der Waals surface area contributed by atoms with E-state index < -0.39 is 9.62 Å². The van der Waals surface area contributed by atoms with Crippen molar-refractivity contribution in [2.75, 3.05) is 13.2 Å². The van der Waals surface area contributed by atoms with Gasteiger partial charge < -0.3 is 0 Å². The quantitative estimate of drug-likeness (QED) is 0.425. The number of rotatable bonds is 4. The van der Waals surface area contributed by atoms with E-state index in [9.17, 15) is 4.11 Å². The van der Waals surface area contributed by atoms with Gasteiger partial charge in [0.1, 0.15) is 0 Å². The standard InChI is InChI=1S/C4H10FO2Si/c1-3-6-8(5)7-4-2/h3-4H2,1-2H3/q+1. The highest BCUT2D eigenvalue weighted by Gasteiger charge is 2.33. The van der Waals surface area contributed by atoms with Crippen molar-refractivity contribution in [3.63, 3.8) is 0 Å². The normalized spacial score (nSPS) is 9.38. The molecule has 0 heterocycles. The van der Waals surface area contributed by atoms with Gasteiger partial charge >= 0.3 is 9.62 Å². The summed E-state index contributed by atoms with van der Waals surface area (Å²) in [5, 5.41) is 0. The first-order valence-corrected chi connectivity index (χ1v) is 3.78. The Hall–Kier alpha value is 0.0669. The Morgan fingerprint density at radius 3 is 1.88 bits per heavy atom. The smallest absolute Gasteiger partial charge is 0.187 e. The van der Waals surface area contributed by atoms with Crippen molar-refractivity contribution in [3.05, 3.63) is 0 Å². The van der Waals surface area contributed by atoms with Gasteiger partial charge in [-0.1, -0.05) is 0 Å². The maximum absolute atomic E-state index is 12.1. The molecule has 0 aliphatic carbocycles. The summed E-state index contributed by atoms with van der Waals surface area (Å²) in [5.74, 6) is 0. The van der Waals surface area contributed by atoms with Gasteiger partial charge in [-0.15, -0.1) is 0 Å². The fourth-order valence-electron chi connectivity index (χ4n) is 0.269. The molecule has 0 unspecified atom stereocenters. The van der Waals surface area contributed by atoms with E-state index in [1.165, 1.54) is 0 Å². The lowest BCUT2D eigenvalue weighted by Crippen LogP contribution is -2.16. The maximum atomic E-state index is 12.1. The van der Waals surface area contributed by atoms with E-state index in [1.807, 2.05) is 0 Å². The number of hydrogen-bond acceptors (Lipinski definition) is 2. The molecule has 0 aromatic heterocycles. The van der Waals surface area contributed by atoms with Crippen LogP contribution in [0.15, 0.2) is 0 Å². The van der Waals surface area contributed by atoms with Crippen molar-refractivity contribution in [2.24, 2.45) is 0 Å². The molecule has 0 aromatic carbocycles. The second kappa shape index (κ2) is 5.21. The Kier molecular flexibility index (Phi) is 5.25. The lowest BCUT2D eigenvalue weighted by Gasteiger charge is -1.84. The van der Waals surface area contributed by atoms with Crippen molar-refractivity contribution < 1.29 is 13.0 Å². The van der Waals surface area contributed by atoms with Crippen LogP contribution in [0.2, 0.25) is 0 Å². The molecule has 0 aliphatic heterocycles. The fraction of sp³-hybridized carbons (Fsp3) is 1.00. The van der Waals surface area contributed by atoms with Crippen LogP contribution in [0, 0.1) is 0 Å². The van der Waals surface area contributed by atoms with Gasteiger partial charge in [-0.25, -0.2) is 0 Å². The third kappa shape index (κ3) is 4.23. The second-order valence-electron chi connectivity index (χ2n) is 1.10. The molecule has 4 heteroatoms. The minimum atomic E-state index is -2.39. The first-order chi connectivity index (χ1) is 3.81. The first-order valence-electron chi connectivity index (χ1n) is 2.59. The molecule has 0 bridgehead atoms. The average molecular weight is 137 g/mol. The van der Waals surface area contributed by atoms with Gasteiger partial charge in [-0.2, -0.15) is 8.85 Å². The highest BCUT2D eigenvalue weighted by Crippen LogP contribution is 1.88. The van der Waals surface area contributed by atoms with Crippen molar-refractivity contribution in [1.29, 1.82) is 0 Å². The second-order valence-corrected chi connectivity index (χ2v) is 2.16. The van der Waals surface area contributed by atoms with Crippen LogP contribution in [0.25, 0.3) is 0 Å². The Labute approximate surface area is 50.6 Å². The Bertz CT molecular complexity index is 47.3. The van der Waals surface area contributed by atoms with Crippen molar-refractivity contribution in [3.8, 4) is 0 Å². The van der Waals surface area contributed by atoms with Crippen LogP contribution >= 0.6 is 0 Å². The van der Waals surface area contributed by atoms with E-state index in [-0.39, 0.29) is 0 Å². The van der Waals surface area contributed by atoms with E-state index >= 15 is 0 Å². The third-order valence-corrected chi connectivity index (χ3v) is 1.55. The SMILES string of the molecule is CCO[Si+](F)OCC. The van der Waals surface area contributed by atoms with Gasteiger partial charge in [0.2, 0.25) is 0 Å². The van der Waals surface area contributed by atoms with Crippen LogP contribution in [-0.4, -0.2) is 22.8 Å². The van der Waals surface area contributed by atoms with E-state index in [1.54, 1.807) is 13.8 Å². The van der Waals surface area contributed by atoms with E-state index in [4.69, 9.17) is 0 Å². The highest BCUT2D eigenvalue weighted by atomic mass is 28.4. The summed E-state index contributed by atoms with van der Waals surface area (Å²) in [6, 6.07) is 0. The van der Waals surface area contributed by atoms with Crippen LogP contribution in [0.1, 0.15) is 13.8 Å². The molecule has 2 nitrogen and oxygen atoms in total. The maximum Gasteiger partial charge on any atom is 0.881 e. The topological polar surface area (TPSA) is 18.5 Å². The van der Waals surface area contributed by atoms with Gasteiger partial charge in [0.25, 0.3) is 0 Å². The van der Waals surface area contributed by atoms with Gasteiger partial charge in [0.15, 0.2) is 0 Å². The van der Waals surface area contributed by atoms with E-state index in [2.05, 4.69) is 8.85 Å². The molecule has 0 spiro atoms. The van der Waals surface area contributed by atoms with Gasteiger partial charge in [-0.3, -0.25) is 0 Å². The summed E-state index contributed by atoms with van der Waals surface area (Å²) in [6.45, 7) is 4.27. The zero-order valence-electron chi connectivity index (χ0n) is 5.11. The van der Waals surface area contributed by atoms with Gasteiger partial charge in [-0.05, 0) is 13.8 Å². The average Bonchev–Trinajstić information content (AvgIpc) is 1.68. The van der Waals surface area contributed by atoms with Crippen LogP contribution in [0.5, 0.6) is 0 Å². The third-order valence-electron chi connectivity index (χ3n) is 0.516. The minimum absolute atomic E-state index is 0.394. The summed E-state index contributed by atoms with van der Waals surface area (Å²) in [7, 11) is -2.39. The zero-order chi connectivity index (χ0) is 6.41. The monoisotopic (exact) mass is 137 g/mol. The molecule has 8 heavy (non-hydrogen) atoms. The van der Waals surface area contributed by atoms with Crippen LogP contribution in [-0.2, 0) is 8.85 Å². The van der Waals surface area contributed by atoms with Crippen LogP contribution < -0.4 is 0 Å². The Morgan fingerprint density at radius 2 is 1.62 bits per heavy atom. The molecule has 0 aliphatic rings. The molecular formula is C4H10FO2Si+. The Morgan fingerprint density at radius 1 is 1.25 bits per heavy atom. The minimum Gasteiger partial charge on any atom is -0.187 e. The van der Waals surface area contributed by atoms with Gasteiger partial charge in [0.05, 0.1) is 13.2 Å². The summed E-state index contributed by atoms with van der Waals surface area (Å²) in [5.41, 5.74) is 0. The molecular weight excluding hydrogens is 127 g/mol. The first kappa shape index (κ1) is 8.07. The van der Waals surface area contributed by atoms with Crippen LogP contribution in [0.3, 0.4) is 0 Å². The van der Waals surface area contributed by atoms with Crippen molar-refractivity contribution in [2.45, 2.75) is 13.8 Å². The summed E-state index contributed by atoms with van der Waals surface area (Å²) < 4.78 is 21.1. The summed E-state index contributed by atoms with van der Waals surface area (Å²) >= 11 is 0. The largest absolute Gasteiger partial charge is 0.881 e. The molecule has 0 saturated carbocycles. The molecule has 48 valence electrons. The molecule has 0 fully saturated rings. The lowest BCUT2D eigenvalue weighted by molar-refractivity contribution is 0.177. The number of hydrogen-bond donors (Lipinski definition) is 0. The fourth-order valence-corrected chi connectivity index (χ4v) is 0.806. The molecule has 0 aromatic rings. The van der Waals surface area contributed by atoms with E-state index in [0.29, 0.717) is 13.2 Å². The van der Waals surface area contributed by atoms with Crippen molar-refractivity contribution >= 4 is 9.62 Å². The molecule has 0 saturated heterocycles. The molecule has 0 atom stereocenters. The van der Waals surface area contributed by atoms with Gasteiger partial charge in [0, 0.05) is 4.11 Å². The number of halogens is 1. The molecule has 0 amide bonds. The summed E-state index contributed by atoms with van der Waals surface area (Å²) in [6.07, 6.45) is 0. The predicted octanol–water partition coefficient (Wildman–Crippen LogP) is 1.01. The van der Waals surface area contributed by atoms with Crippen molar-refractivity contribution in [1.82, 2.24) is 0 Å². The summed E-state index contributed by atoms with van der Waals surface area (Å²) in [4.78, 5) is 0. The Balaban J connectivity index is 2.92. The highest BCUT2D eigenvalue weighted by molar-refractivity contribution is 6.35. The lowest BCUT2D eigenvalue weighted by atomic mass is 10.9. The predicted molar refractivity (Wildman–Crippen MR) is 30.1 cm³/mol. The molecule has 0 rings (SSSR count). The molecule has 0 radical (unpaired) electrons. The van der Waals surface area contributed by atoms with E-state index in [0.717, 1.165) is 0 Å².